The first kappa shape index (κ1) is 13.3. The van der Waals surface area contributed by atoms with Crippen LogP contribution in [0.5, 0.6) is 0 Å². The van der Waals surface area contributed by atoms with Crippen LogP contribution in [0.2, 0.25) is 0 Å². The largest absolute Gasteiger partial charge is 0.0683 e. The summed E-state index contributed by atoms with van der Waals surface area (Å²) in [5.74, 6) is -0.486. The van der Waals surface area contributed by atoms with E-state index in [2.05, 4.69) is 45.0 Å². The van der Waals surface area contributed by atoms with Crippen molar-refractivity contribution in [1.29, 1.82) is 0 Å². The molecule has 0 unspecified atom stereocenters. The Hall–Kier alpha value is -0.780. The van der Waals surface area contributed by atoms with Gasteiger partial charge < -0.3 is 0 Å². The first-order chi connectivity index (χ1) is 7.68. The third kappa shape index (κ3) is 5.95. The van der Waals surface area contributed by atoms with Crippen molar-refractivity contribution < 1.29 is 1.37 Å². The molecule has 0 fully saturated rings. The van der Waals surface area contributed by atoms with Gasteiger partial charge in [-0.3, -0.25) is 0 Å². The van der Waals surface area contributed by atoms with Crippen molar-refractivity contribution in [1.82, 2.24) is 0 Å². The molecule has 0 saturated heterocycles. The second kappa shape index (κ2) is 6.73. The molecule has 0 N–H and O–H groups in total. The molecule has 0 atom stereocenters. The first-order valence-corrected chi connectivity index (χ1v) is 6.28. The fourth-order valence-corrected chi connectivity index (χ4v) is 1.57. The Kier molecular flexibility index (Phi) is 5.59. The Bertz CT molecular complexity index is 309. The van der Waals surface area contributed by atoms with E-state index in [-0.39, 0.29) is 0 Å². The number of benzene rings is 1. The van der Waals surface area contributed by atoms with Gasteiger partial charge in [0, 0.05) is 1.37 Å². The molecule has 0 heteroatoms. The zero-order valence-corrected chi connectivity index (χ0v) is 12.0. The van der Waals surface area contributed by atoms with E-state index < -0.39 is 5.89 Å². The van der Waals surface area contributed by atoms with Gasteiger partial charge in [-0.1, -0.05) is 72.7 Å². The highest BCUT2D eigenvalue weighted by molar-refractivity contribution is 5.25. The molecule has 16 heavy (non-hydrogen) atoms. The molecule has 0 aliphatic rings. The molecular formula is C16H28. The predicted octanol–water partition coefficient (Wildman–Crippen LogP) is 5.42. The lowest BCUT2D eigenvalue weighted by atomic mass is 9.87. The standard InChI is InChI=1S/C14H22.C2H6/c1-11(2)13-8-6-12(7-9-13)10-14(3,4)5;1-2/h6-9,11H,10H2,1-5H3;1-2H3/i11T;. The highest BCUT2D eigenvalue weighted by Gasteiger charge is 2.10. The molecule has 0 radical (unpaired) electrons. The minimum absolute atomic E-state index is 0.331. The molecule has 92 valence electrons. The quantitative estimate of drug-likeness (QED) is 0.626. The molecule has 0 nitrogen and oxygen atoms in total. The van der Waals surface area contributed by atoms with Crippen LogP contribution in [0.15, 0.2) is 24.3 Å². The van der Waals surface area contributed by atoms with Gasteiger partial charge in [-0.25, -0.2) is 0 Å². The molecule has 1 rings (SSSR count). The maximum Gasteiger partial charge on any atom is 0.0347 e. The van der Waals surface area contributed by atoms with Crippen molar-refractivity contribution in [3.63, 3.8) is 0 Å². The van der Waals surface area contributed by atoms with E-state index in [4.69, 9.17) is 1.37 Å². The van der Waals surface area contributed by atoms with Crippen LogP contribution in [0.3, 0.4) is 0 Å². The highest BCUT2D eigenvalue weighted by atomic mass is 14.2. The lowest BCUT2D eigenvalue weighted by Crippen LogP contribution is -2.08. The van der Waals surface area contributed by atoms with Crippen LogP contribution in [0.4, 0.5) is 0 Å². The van der Waals surface area contributed by atoms with E-state index in [0.29, 0.717) is 5.41 Å². The molecule has 0 aliphatic heterocycles. The average molecular weight is 222 g/mol. The van der Waals surface area contributed by atoms with Crippen molar-refractivity contribution in [2.24, 2.45) is 5.41 Å². The Morgan fingerprint density at radius 1 is 1.06 bits per heavy atom. The Morgan fingerprint density at radius 3 is 1.81 bits per heavy atom. The second-order valence-corrected chi connectivity index (χ2v) is 5.43. The van der Waals surface area contributed by atoms with Crippen LogP contribution in [-0.2, 0) is 6.42 Å². The normalized spacial score (nSPS) is 12.6. The van der Waals surface area contributed by atoms with Crippen LogP contribution in [0, 0.1) is 5.41 Å². The van der Waals surface area contributed by atoms with Crippen LogP contribution < -0.4 is 0 Å². The average Bonchev–Trinajstić information content (AvgIpc) is 2.17. The van der Waals surface area contributed by atoms with Gasteiger partial charge in [-0.05, 0) is 28.9 Å². The summed E-state index contributed by atoms with van der Waals surface area (Å²) in [6.45, 7) is 14.6. The first-order valence-electron chi connectivity index (χ1n) is 6.78. The van der Waals surface area contributed by atoms with Gasteiger partial charge >= 0.3 is 0 Å². The van der Waals surface area contributed by atoms with Crippen LogP contribution >= 0.6 is 0 Å². The second-order valence-electron chi connectivity index (χ2n) is 5.43. The fraction of sp³-hybridized carbons (Fsp3) is 0.625. The molecule has 0 aliphatic carbocycles. The molecular weight excluding hydrogens is 192 g/mol. The highest BCUT2D eigenvalue weighted by Crippen LogP contribution is 2.22. The van der Waals surface area contributed by atoms with Crippen molar-refractivity contribution >= 4 is 0 Å². The molecule has 1 aromatic carbocycles. The topological polar surface area (TPSA) is 0 Å². The smallest absolute Gasteiger partial charge is 0.0347 e. The van der Waals surface area contributed by atoms with E-state index in [1.54, 1.807) is 0 Å². The van der Waals surface area contributed by atoms with E-state index in [1.165, 1.54) is 5.56 Å². The third-order valence-corrected chi connectivity index (χ3v) is 2.27. The van der Waals surface area contributed by atoms with Gasteiger partial charge in [0.2, 0.25) is 0 Å². The summed E-state index contributed by atoms with van der Waals surface area (Å²) >= 11 is 0. The van der Waals surface area contributed by atoms with Crippen molar-refractivity contribution in [3.05, 3.63) is 35.4 Å². The summed E-state index contributed by atoms with van der Waals surface area (Å²) in [5, 5.41) is 0. The summed E-state index contributed by atoms with van der Waals surface area (Å²) in [6.07, 6.45) is 1.09. The Morgan fingerprint density at radius 2 is 1.50 bits per heavy atom. The number of hydrogen-bond acceptors (Lipinski definition) is 0. The minimum Gasteiger partial charge on any atom is -0.0683 e. The summed E-state index contributed by atoms with van der Waals surface area (Å²) in [5.41, 5.74) is 2.77. The SMILES string of the molecule is CC.[3H]C(C)(C)c1ccc(CC(C)(C)C)cc1. The van der Waals surface area contributed by atoms with E-state index >= 15 is 0 Å². The fourth-order valence-electron chi connectivity index (χ4n) is 1.57. The Labute approximate surface area is 103 Å². The van der Waals surface area contributed by atoms with Crippen LogP contribution in [-0.4, -0.2) is 0 Å². The van der Waals surface area contributed by atoms with Crippen molar-refractivity contribution in [3.8, 4) is 0 Å². The third-order valence-electron chi connectivity index (χ3n) is 2.27. The van der Waals surface area contributed by atoms with Crippen LogP contribution in [0.1, 0.15) is 66.9 Å². The summed E-state index contributed by atoms with van der Waals surface area (Å²) in [4.78, 5) is 0. The number of hydrogen-bond donors (Lipinski definition) is 0. The van der Waals surface area contributed by atoms with Crippen molar-refractivity contribution in [2.45, 2.75) is 60.8 Å². The van der Waals surface area contributed by atoms with Gasteiger partial charge in [0.05, 0.1) is 0 Å². The zero-order chi connectivity index (χ0) is 13.7. The maximum absolute atomic E-state index is 7.92. The number of rotatable bonds is 2. The monoisotopic (exact) mass is 222 g/mol. The lowest BCUT2D eigenvalue weighted by molar-refractivity contribution is 0.411. The molecule has 0 amide bonds. The maximum atomic E-state index is 7.92. The molecule has 0 bridgehead atoms. The molecule has 0 saturated carbocycles. The molecule has 0 aromatic heterocycles. The summed E-state index contributed by atoms with van der Waals surface area (Å²) in [7, 11) is 0. The lowest BCUT2D eigenvalue weighted by Gasteiger charge is -2.18. The van der Waals surface area contributed by atoms with Gasteiger partial charge in [-0.2, -0.15) is 0 Å². The van der Waals surface area contributed by atoms with E-state index in [9.17, 15) is 0 Å². The molecule has 0 spiro atoms. The van der Waals surface area contributed by atoms with Gasteiger partial charge in [0.25, 0.3) is 0 Å². The Balaban J connectivity index is 0.00000121. The predicted molar refractivity (Wildman–Crippen MR) is 75.0 cm³/mol. The van der Waals surface area contributed by atoms with Crippen molar-refractivity contribution in [2.75, 3.05) is 0 Å². The summed E-state index contributed by atoms with van der Waals surface area (Å²) < 4.78 is 7.92. The summed E-state index contributed by atoms with van der Waals surface area (Å²) in [6, 6.07) is 8.45. The molecule has 1 aromatic rings. The zero-order valence-electron chi connectivity index (χ0n) is 13.0. The van der Waals surface area contributed by atoms with Gasteiger partial charge in [0.15, 0.2) is 0 Å². The molecule has 0 heterocycles. The van der Waals surface area contributed by atoms with Crippen LogP contribution in [0.25, 0.3) is 0 Å². The minimum atomic E-state index is -0.486. The van der Waals surface area contributed by atoms with E-state index in [0.717, 1.165) is 12.0 Å². The van der Waals surface area contributed by atoms with Gasteiger partial charge in [0.1, 0.15) is 0 Å². The van der Waals surface area contributed by atoms with Gasteiger partial charge in [-0.15, -0.1) is 0 Å². The van der Waals surface area contributed by atoms with E-state index in [1.807, 2.05) is 27.7 Å².